The zero-order valence-electron chi connectivity index (χ0n) is 21.5. The second-order valence-corrected chi connectivity index (χ2v) is 8.80. The standard InChI is InChI=1S/C28H29F3N4O3/c1-6-25(36)35-24-13-19(28(29,30)31)8-9-20(24)18-11-21(17(5)23(12-18)32-7-2)26(37)33-14-22-15(3)10-16(4)34-27(22)38/h6,8-13,32H,1,7,14H2,2-5H3,(H,33,37)(H,34,38)(H,35,36). The van der Waals surface area contributed by atoms with Gasteiger partial charge in [0.05, 0.1) is 5.56 Å². The van der Waals surface area contributed by atoms with Crippen LogP contribution in [0.2, 0.25) is 0 Å². The molecule has 2 amide bonds. The van der Waals surface area contributed by atoms with Crippen molar-refractivity contribution in [2.75, 3.05) is 17.2 Å². The van der Waals surface area contributed by atoms with Gasteiger partial charge in [0.1, 0.15) is 0 Å². The van der Waals surface area contributed by atoms with Crippen molar-refractivity contribution in [1.82, 2.24) is 10.3 Å². The summed E-state index contributed by atoms with van der Waals surface area (Å²) in [6.45, 7) is 11.0. The summed E-state index contributed by atoms with van der Waals surface area (Å²) in [6, 6.07) is 8.06. The van der Waals surface area contributed by atoms with Crippen molar-refractivity contribution in [3.8, 4) is 11.1 Å². The Morgan fingerprint density at radius 3 is 2.37 bits per heavy atom. The lowest BCUT2D eigenvalue weighted by Gasteiger charge is -2.18. The van der Waals surface area contributed by atoms with E-state index in [0.29, 0.717) is 34.6 Å². The Morgan fingerprint density at radius 2 is 1.76 bits per heavy atom. The molecule has 0 saturated carbocycles. The van der Waals surface area contributed by atoms with Crippen LogP contribution in [-0.4, -0.2) is 23.3 Å². The van der Waals surface area contributed by atoms with Crippen LogP contribution in [0.3, 0.4) is 0 Å². The predicted molar refractivity (Wildman–Crippen MR) is 142 cm³/mol. The summed E-state index contributed by atoms with van der Waals surface area (Å²) < 4.78 is 40.2. The van der Waals surface area contributed by atoms with Gasteiger partial charge in [-0.2, -0.15) is 13.2 Å². The summed E-state index contributed by atoms with van der Waals surface area (Å²) >= 11 is 0. The highest BCUT2D eigenvalue weighted by molar-refractivity contribution is 6.03. The van der Waals surface area contributed by atoms with Gasteiger partial charge < -0.3 is 20.9 Å². The average molecular weight is 527 g/mol. The number of aromatic amines is 1. The highest BCUT2D eigenvalue weighted by Gasteiger charge is 2.31. The number of amides is 2. The number of carbonyl (C=O) groups is 2. The molecule has 0 aliphatic rings. The lowest BCUT2D eigenvalue weighted by Crippen LogP contribution is -2.28. The number of carbonyl (C=O) groups excluding carboxylic acids is 2. The Morgan fingerprint density at radius 1 is 1.05 bits per heavy atom. The summed E-state index contributed by atoms with van der Waals surface area (Å²) in [7, 11) is 0. The largest absolute Gasteiger partial charge is 0.416 e. The molecule has 3 rings (SSSR count). The van der Waals surface area contributed by atoms with Gasteiger partial charge in [0.15, 0.2) is 0 Å². The number of halogens is 3. The molecule has 0 fully saturated rings. The van der Waals surface area contributed by atoms with E-state index in [2.05, 4.69) is 27.5 Å². The number of hydrogen-bond acceptors (Lipinski definition) is 4. The van der Waals surface area contributed by atoms with E-state index in [4.69, 9.17) is 0 Å². The molecule has 0 unspecified atom stereocenters. The maximum absolute atomic E-state index is 13.4. The Kier molecular flexibility index (Phi) is 8.45. The number of hydrogen-bond donors (Lipinski definition) is 4. The van der Waals surface area contributed by atoms with Crippen molar-refractivity contribution in [2.24, 2.45) is 0 Å². The quantitative estimate of drug-likeness (QED) is 0.292. The fraction of sp³-hybridized carbons (Fsp3) is 0.250. The molecular formula is C28H29F3N4O3. The van der Waals surface area contributed by atoms with E-state index in [1.807, 2.05) is 13.0 Å². The molecule has 0 aliphatic heterocycles. The van der Waals surface area contributed by atoms with Crippen molar-refractivity contribution in [3.63, 3.8) is 0 Å². The number of benzene rings is 2. The molecule has 1 aromatic heterocycles. The Balaban J connectivity index is 2.09. The molecule has 0 bridgehead atoms. The van der Waals surface area contributed by atoms with Crippen LogP contribution >= 0.6 is 0 Å². The van der Waals surface area contributed by atoms with E-state index in [1.54, 1.807) is 32.9 Å². The SMILES string of the molecule is C=CC(=O)Nc1cc(C(F)(F)F)ccc1-c1cc(NCC)c(C)c(C(=O)NCc2c(C)cc(C)[nH]c2=O)c1. The smallest absolute Gasteiger partial charge is 0.385 e. The molecule has 10 heteroatoms. The summed E-state index contributed by atoms with van der Waals surface area (Å²) in [6.07, 6.45) is -3.66. The molecule has 0 aliphatic carbocycles. The summed E-state index contributed by atoms with van der Waals surface area (Å²) in [5.74, 6) is -1.15. The number of H-pyrrole nitrogens is 1. The van der Waals surface area contributed by atoms with Crippen LogP contribution < -0.4 is 21.5 Å². The molecule has 38 heavy (non-hydrogen) atoms. The number of alkyl halides is 3. The van der Waals surface area contributed by atoms with Crippen molar-refractivity contribution < 1.29 is 22.8 Å². The molecule has 0 saturated heterocycles. The minimum Gasteiger partial charge on any atom is -0.385 e. The van der Waals surface area contributed by atoms with Gasteiger partial charge in [-0.05, 0) is 80.8 Å². The second-order valence-electron chi connectivity index (χ2n) is 8.80. The van der Waals surface area contributed by atoms with Gasteiger partial charge in [-0.25, -0.2) is 0 Å². The van der Waals surface area contributed by atoms with Crippen molar-refractivity contribution in [1.29, 1.82) is 0 Å². The van der Waals surface area contributed by atoms with E-state index >= 15 is 0 Å². The van der Waals surface area contributed by atoms with Crippen molar-refractivity contribution in [3.05, 3.63) is 92.9 Å². The third-order valence-electron chi connectivity index (χ3n) is 6.04. The van der Waals surface area contributed by atoms with Gasteiger partial charge in [-0.15, -0.1) is 0 Å². The van der Waals surface area contributed by atoms with Gasteiger partial charge in [-0.3, -0.25) is 14.4 Å². The number of anilines is 2. The molecule has 4 N–H and O–H groups in total. The van der Waals surface area contributed by atoms with E-state index in [-0.39, 0.29) is 28.9 Å². The molecule has 2 aromatic carbocycles. The zero-order valence-corrected chi connectivity index (χ0v) is 21.5. The monoisotopic (exact) mass is 526 g/mol. The molecule has 7 nitrogen and oxygen atoms in total. The minimum absolute atomic E-state index is 0.0125. The van der Waals surface area contributed by atoms with Crippen LogP contribution in [-0.2, 0) is 17.5 Å². The topological polar surface area (TPSA) is 103 Å². The lowest BCUT2D eigenvalue weighted by atomic mass is 9.95. The van der Waals surface area contributed by atoms with Crippen LogP contribution in [0.15, 0.2) is 53.8 Å². The fourth-order valence-electron chi connectivity index (χ4n) is 4.10. The zero-order chi connectivity index (χ0) is 28.2. The second kappa shape index (κ2) is 11.4. The first-order valence-electron chi connectivity index (χ1n) is 11.9. The van der Waals surface area contributed by atoms with Gasteiger partial charge >= 0.3 is 6.18 Å². The Labute approximate surface area is 218 Å². The van der Waals surface area contributed by atoms with Crippen LogP contribution in [0.5, 0.6) is 0 Å². The van der Waals surface area contributed by atoms with Gasteiger partial charge in [0.25, 0.3) is 11.5 Å². The number of rotatable bonds is 8. The van der Waals surface area contributed by atoms with E-state index in [0.717, 1.165) is 23.8 Å². The number of pyridine rings is 1. The Bertz CT molecular complexity index is 1460. The van der Waals surface area contributed by atoms with Crippen molar-refractivity contribution >= 4 is 23.2 Å². The first-order chi connectivity index (χ1) is 17.8. The third-order valence-corrected chi connectivity index (χ3v) is 6.04. The van der Waals surface area contributed by atoms with Crippen LogP contribution in [0.4, 0.5) is 24.5 Å². The lowest BCUT2D eigenvalue weighted by molar-refractivity contribution is -0.137. The van der Waals surface area contributed by atoms with Gasteiger partial charge in [-0.1, -0.05) is 12.6 Å². The summed E-state index contributed by atoms with van der Waals surface area (Å²) in [5.41, 5.74) is 2.72. The van der Waals surface area contributed by atoms with E-state index in [1.165, 1.54) is 6.07 Å². The molecule has 1 heterocycles. The molecule has 0 spiro atoms. The van der Waals surface area contributed by atoms with Gasteiger partial charge in [0.2, 0.25) is 5.91 Å². The summed E-state index contributed by atoms with van der Waals surface area (Å²) in [5, 5.41) is 8.37. The first-order valence-corrected chi connectivity index (χ1v) is 11.9. The third kappa shape index (κ3) is 6.31. The highest BCUT2D eigenvalue weighted by atomic mass is 19.4. The number of aryl methyl sites for hydroxylation is 2. The average Bonchev–Trinajstić information content (AvgIpc) is 2.84. The van der Waals surface area contributed by atoms with Gasteiger partial charge in [0, 0.05) is 46.8 Å². The fourth-order valence-corrected chi connectivity index (χ4v) is 4.10. The number of aromatic nitrogens is 1. The maximum Gasteiger partial charge on any atom is 0.416 e. The van der Waals surface area contributed by atoms with E-state index in [9.17, 15) is 27.6 Å². The van der Waals surface area contributed by atoms with Crippen LogP contribution in [0, 0.1) is 20.8 Å². The normalized spacial score (nSPS) is 11.1. The highest BCUT2D eigenvalue weighted by Crippen LogP contribution is 2.38. The molecule has 0 atom stereocenters. The summed E-state index contributed by atoms with van der Waals surface area (Å²) in [4.78, 5) is 40.4. The first kappa shape index (κ1) is 28.2. The maximum atomic E-state index is 13.4. The van der Waals surface area contributed by atoms with E-state index < -0.39 is 23.6 Å². The molecular weight excluding hydrogens is 497 g/mol. The Hall–Kier alpha value is -4.34. The minimum atomic E-state index is -4.62. The van der Waals surface area contributed by atoms with Crippen LogP contribution in [0.1, 0.15) is 45.2 Å². The molecule has 0 radical (unpaired) electrons. The predicted octanol–water partition coefficient (Wildman–Crippen LogP) is 5.47. The van der Waals surface area contributed by atoms with Crippen molar-refractivity contribution in [2.45, 2.75) is 40.4 Å². The number of nitrogens with one attached hydrogen (secondary N) is 4. The van der Waals surface area contributed by atoms with Crippen LogP contribution in [0.25, 0.3) is 11.1 Å². The molecule has 200 valence electrons. The molecule has 3 aromatic rings.